The minimum Gasteiger partial charge on any atom is -0.0859 e. The fourth-order valence-corrected chi connectivity index (χ4v) is 1.94. The standard InChI is InChI=1S/C14H28/c1-5-7-11-14(9-6-2)12-8-10-13(3)4/h10,14H,5-9,11-12H2,1-4H3. The molecule has 14 heavy (non-hydrogen) atoms. The molecule has 84 valence electrons. The molecule has 0 amide bonds. The van der Waals surface area contributed by atoms with Gasteiger partial charge in [-0.05, 0) is 32.6 Å². The summed E-state index contributed by atoms with van der Waals surface area (Å²) >= 11 is 0. The zero-order valence-electron chi connectivity index (χ0n) is 10.6. The van der Waals surface area contributed by atoms with E-state index in [1.165, 1.54) is 50.5 Å². The van der Waals surface area contributed by atoms with Gasteiger partial charge >= 0.3 is 0 Å². The molecule has 0 nitrogen and oxygen atoms in total. The van der Waals surface area contributed by atoms with Gasteiger partial charge in [-0.15, -0.1) is 0 Å². The fraction of sp³-hybridized carbons (Fsp3) is 0.857. The van der Waals surface area contributed by atoms with Gasteiger partial charge in [-0.1, -0.05) is 57.6 Å². The van der Waals surface area contributed by atoms with Gasteiger partial charge in [0.25, 0.3) is 0 Å². The van der Waals surface area contributed by atoms with Gasteiger partial charge < -0.3 is 0 Å². The Balaban J connectivity index is 3.66. The summed E-state index contributed by atoms with van der Waals surface area (Å²) in [5.74, 6) is 0.982. The van der Waals surface area contributed by atoms with Crippen LogP contribution in [-0.4, -0.2) is 0 Å². The minimum atomic E-state index is 0.982. The highest BCUT2D eigenvalue weighted by Crippen LogP contribution is 2.20. The van der Waals surface area contributed by atoms with Crippen LogP contribution < -0.4 is 0 Å². The van der Waals surface area contributed by atoms with Crippen LogP contribution in [0, 0.1) is 5.92 Å². The quantitative estimate of drug-likeness (QED) is 0.460. The van der Waals surface area contributed by atoms with E-state index in [2.05, 4.69) is 33.8 Å². The van der Waals surface area contributed by atoms with Crippen molar-refractivity contribution in [2.45, 2.75) is 72.6 Å². The summed E-state index contributed by atoms with van der Waals surface area (Å²) in [6, 6.07) is 0. The van der Waals surface area contributed by atoms with Crippen LogP contribution >= 0.6 is 0 Å². The van der Waals surface area contributed by atoms with Gasteiger partial charge in [-0.2, -0.15) is 0 Å². The Labute approximate surface area is 90.8 Å². The highest BCUT2D eigenvalue weighted by atomic mass is 14.1. The Morgan fingerprint density at radius 2 is 1.71 bits per heavy atom. The molecular weight excluding hydrogens is 168 g/mol. The van der Waals surface area contributed by atoms with Crippen molar-refractivity contribution in [2.75, 3.05) is 0 Å². The van der Waals surface area contributed by atoms with E-state index in [-0.39, 0.29) is 0 Å². The number of unbranched alkanes of at least 4 members (excludes halogenated alkanes) is 1. The lowest BCUT2D eigenvalue weighted by molar-refractivity contribution is 0.405. The van der Waals surface area contributed by atoms with Crippen LogP contribution in [0.5, 0.6) is 0 Å². The summed E-state index contributed by atoms with van der Waals surface area (Å²) in [7, 11) is 0. The highest BCUT2D eigenvalue weighted by molar-refractivity contribution is 4.92. The molecule has 1 atom stereocenters. The van der Waals surface area contributed by atoms with Crippen LogP contribution in [0.2, 0.25) is 0 Å². The monoisotopic (exact) mass is 196 g/mol. The van der Waals surface area contributed by atoms with E-state index in [1.807, 2.05) is 0 Å². The molecule has 0 radical (unpaired) electrons. The molecule has 0 aliphatic heterocycles. The second kappa shape index (κ2) is 9.30. The molecule has 0 aliphatic rings. The third-order valence-electron chi connectivity index (χ3n) is 2.79. The maximum atomic E-state index is 2.38. The third-order valence-corrected chi connectivity index (χ3v) is 2.79. The normalized spacial score (nSPS) is 12.6. The Kier molecular flexibility index (Phi) is 9.13. The molecule has 0 fully saturated rings. The minimum absolute atomic E-state index is 0.982. The summed E-state index contributed by atoms with van der Waals surface area (Å²) < 4.78 is 0. The smallest absolute Gasteiger partial charge is 0.0346 e. The van der Waals surface area contributed by atoms with E-state index < -0.39 is 0 Å². The first-order valence-electron chi connectivity index (χ1n) is 6.34. The summed E-state index contributed by atoms with van der Waals surface area (Å²) in [6.07, 6.45) is 12.1. The Morgan fingerprint density at radius 1 is 1.00 bits per heavy atom. The summed E-state index contributed by atoms with van der Waals surface area (Å²) in [5.41, 5.74) is 1.47. The lowest BCUT2D eigenvalue weighted by Gasteiger charge is -2.14. The van der Waals surface area contributed by atoms with E-state index in [0.29, 0.717) is 0 Å². The average molecular weight is 196 g/mol. The molecule has 0 aromatic carbocycles. The van der Waals surface area contributed by atoms with Gasteiger partial charge in [0, 0.05) is 0 Å². The molecule has 0 heteroatoms. The number of hydrogen-bond donors (Lipinski definition) is 0. The second-order valence-electron chi connectivity index (χ2n) is 4.66. The van der Waals surface area contributed by atoms with E-state index >= 15 is 0 Å². The molecule has 0 saturated heterocycles. The van der Waals surface area contributed by atoms with E-state index in [4.69, 9.17) is 0 Å². The third kappa shape index (κ3) is 8.34. The van der Waals surface area contributed by atoms with Crippen molar-refractivity contribution in [1.82, 2.24) is 0 Å². The van der Waals surface area contributed by atoms with E-state index in [9.17, 15) is 0 Å². The Morgan fingerprint density at radius 3 is 2.21 bits per heavy atom. The number of rotatable bonds is 8. The van der Waals surface area contributed by atoms with Crippen molar-refractivity contribution in [1.29, 1.82) is 0 Å². The summed E-state index contributed by atoms with van der Waals surface area (Å²) in [6.45, 7) is 8.99. The Bertz CT molecular complexity index is 140. The molecular formula is C14H28. The molecule has 0 aromatic heterocycles. The maximum absolute atomic E-state index is 2.38. The SMILES string of the molecule is CCCCC(CCC)CCC=C(C)C. The van der Waals surface area contributed by atoms with Crippen molar-refractivity contribution in [3.63, 3.8) is 0 Å². The predicted octanol–water partition coefficient (Wildman–Crippen LogP) is 5.34. The van der Waals surface area contributed by atoms with Crippen LogP contribution in [0.3, 0.4) is 0 Å². The molecule has 1 unspecified atom stereocenters. The van der Waals surface area contributed by atoms with Gasteiger partial charge in [0.2, 0.25) is 0 Å². The number of allylic oxidation sites excluding steroid dienone is 2. The van der Waals surface area contributed by atoms with Crippen LogP contribution in [0.15, 0.2) is 11.6 Å². The molecule has 0 aromatic rings. The average Bonchev–Trinajstić information content (AvgIpc) is 2.13. The van der Waals surface area contributed by atoms with Gasteiger partial charge in [-0.3, -0.25) is 0 Å². The lowest BCUT2D eigenvalue weighted by atomic mass is 9.92. The fourth-order valence-electron chi connectivity index (χ4n) is 1.94. The second-order valence-corrected chi connectivity index (χ2v) is 4.66. The predicted molar refractivity (Wildman–Crippen MR) is 66.6 cm³/mol. The first-order chi connectivity index (χ1) is 6.70. The molecule has 0 heterocycles. The van der Waals surface area contributed by atoms with Crippen LogP contribution in [0.1, 0.15) is 72.6 Å². The Hall–Kier alpha value is -0.260. The van der Waals surface area contributed by atoms with E-state index in [0.717, 1.165) is 5.92 Å². The van der Waals surface area contributed by atoms with Gasteiger partial charge in [0.1, 0.15) is 0 Å². The van der Waals surface area contributed by atoms with Crippen LogP contribution in [0.4, 0.5) is 0 Å². The topological polar surface area (TPSA) is 0 Å². The van der Waals surface area contributed by atoms with Crippen molar-refractivity contribution in [2.24, 2.45) is 5.92 Å². The first kappa shape index (κ1) is 13.7. The van der Waals surface area contributed by atoms with E-state index in [1.54, 1.807) is 0 Å². The van der Waals surface area contributed by atoms with Crippen molar-refractivity contribution in [3.8, 4) is 0 Å². The number of hydrogen-bond acceptors (Lipinski definition) is 0. The molecule has 0 rings (SSSR count). The highest BCUT2D eigenvalue weighted by Gasteiger charge is 2.05. The van der Waals surface area contributed by atoms with Gasteiger partial charge in [0.15, 0.2) is 0 Å². The van der Waals surface area contributed by atoms with Crippen molar-refractivity contribution < 1.29 is 0 Å². The summed E-state index contributed by atoms with van der Waals surface area (Å²) in [5, 5.41) is 0. The zero-order chi connectivity index (χ0) is 10.8. The zero-order valence-corrected chi connectivity index (χ0v) is 10.6. The van der Waals surface area contributed by atoms with Crippen molar-refractivity contribution >= 4 is 0 Å². The van der Waals surface area contributed by atoms with Gasteiger partial charge in [0.05, 0.1) is 0 Å². The first-order valence-corrected chi connectivity index (χ1v) is 6.34. The molecule has 0 aliphatic carbocycles. The maximum Gasteiger partial charge on any atom is -0.0346 e. The molecule has 0 spiro atoms. The van der Waals surface area contributed by atoms with Gasteiger partial charge in [-0.25, -0.2) is 0 Å². The van der Waals surface area contributed by atoms with Crippen molar-refractivity contribution in [3.05, 3.63) is 11.6 Å². The van der Waals surface area contributed by atoms with Crippen LogP contribution in [0.25, 0.3) is 0 Å². The lowest BCUT2D eigenvalue weighted by Crippen LogP contribution is -1.99. The molecule has 0 bridgehead atoms. The molecule has 0 N–H and O–H groups in total. The largest absolute Gasteiger partial charge is 0.0859 e. The summed E-state index contributed by atoms with van der Waals surface area (Å²) in [4.78, 5) is 0. The van der Waals surface area contributed by atoms with Crippen LogP contribution in [-0.2, 0) is 0 Å². The molecule has 0 saturated carbocycles.